The zero-order chi connectivity index (χ0) is 34.6. The largest absolute Gasteiger partial charge is 0.393 e. The van der Waals surface area contributed by atoms with Crippen LogP contribution in [-0.2, 0) is 11.2 Å². The molecule has 48 heavy (non-hydrogen) atoms. The van der Waals surface area contributed by atoms with Crippen LogP contribution in [0.25, 0.3) is 10.8 Å². The van der Waals surface area contributed by atoms with E-state index in [-0.39, 0.29) is 23.1 Å². The summed E-state index contributed by atoms with van der Waals surface area (Å²) in [6.45, 7) is 12.5. The first-order chi connectivity index (χ1) is 23.3. The lowest BCUT2D eigenvalue weighted by molar-refractivity contribution is -0.134. The van der Waals surface area contributed by atoms with Crippen molar-refractivity contribution in [1.29, 1.82) is 0 Å². The van der Waals surface area contributed by atoms with Crippen LogP contribution >= 0.6 is 0 Å². The lowest BCUT2D eigenvalue weighted by atomic mass is 10.0. The van der Waals surface area contributed by atoms with Crippen molar-refractivity contribution in [2.75, 3.05) is 52.4 Å². The zero-order valence-electron chi connectivity index (χ0n) is 29.0. The van der Waals surface area contributed by atoms with E-state index in [0.29, 0.717) is 87.1 Å². The Morgan fingerprint density at radius 3 is 2.15 bits per heavy atom. The predicted octanol–water partition coefficient (Wildman–Crippen LogP) is 4.20. The molecule has 4 aliphatic rings. The molecule has 1 aliphatic carbocycles. The highest BCUT2D eigenvalue weighted by atomic mass is 19.1. The summed E-state index contributed by atoms with van der Waals surface area (Å²) in [5.74, 6) is 0.0666. The van der Waals surface area contributed by atoms with Crippen molar-refractivity contribution in [3.8, 4) is 0 Å². The Hall–Kier alpha value is -3.67. The highest BCUT2D eigenvalue weighted by Gasteiger charge is 2.30. The van der Waals surface area contributed by atoms with Crippen LogP contribution in [0.5, 0.6) is 0 Å². The van der Waals surface area contributed by atoms with Crippen LogP contribution in [0.2, 0.25) is 0 Å². The number of piperidine rings is 2. The number of piperazine rings is 1. The van der Waals surface area contributed by atoms with E-state index in [0.717, 1.165) is 12.0 Å². The lowest BCUT2D eigenvalue weighted by Gasteiger charge is -2.36. The molecule has 262 valence electrons. The van der Waals surface area contributed by atoms with Crippen LogP contribution in [-0.4, -0.2) is 106 Å². The second-order valence-electron chi connectivity index (χ2n) is 12.5. The number of rotatable bonds is 5. The van der Waals surface area contributed by atoms with Crippen molar-refractivity contribution in [2.24, 2.45) is 5.92 Å². The number of nitrogens with zero attached hydrogens (tertiary/aromatic N) is 4. The average molecular weight is 665 g/mol. The quantitative estimate of drug-likeness (QED) is 0.374. The number of carbonyl (C=O) groups is 2. The molecule has 2 bridgehead atoms. The SMILES string of the molecule is C1CC2CC1CN2.CC.CC.O=C(CN1CCC(O)CC1)N1CCN(C(=O)c2cc(Cc3n[nH]c(=O)c4ccccc34)ccc2F)CC1. The maximum Gasteiger partial charge on any atom is 0.272 e. The molecule has 0 radical (unpaired) electrons. The van der Waals surface area contributed by atoms with Crippen LogP contribution < -0.4 is 10.9 Å². The van der Waals surface area contributed by atoms with Crippen molar-refractivity contribution in [3.63, 3.8) is 0 Å². The van der Waals surface area contributed by atoms with Gasteiger partial charge in [0.25, 0.3) is 11.5 Å². The fraction of sp³-hybridized carbons (Fsp3) is 0.568. The second-order valence-corrected chi connectivity index (χ2v) is 12.5. The summed E-state index contributed by atoms with van der Waals surface area (Å²) in [6, 6.07) is 12.5. The van der Waals surface area contributed by atoms with Crippen molar-refractivity contribution in [1.82, 2.24) is 30.2 Å². The number of H-pyrrole nitrogens is 1. The first kappa shape index (κ1) is 37.2. The van der Waals surface area contributed by atoms with E-state index < -0.39 is 11.7 Å². The number of carbonyl (C=O) groups excluding carboxylic acids is 2. The molecule has 1 saturated carbocycles. The van der Waals surface area contributed by atoms with Gasteiger partial charge in [0.1, 0.15) is 5.82 Å². The van der Waals surface area contributed by atoms with Crippen LogP contribution in [0, 0.1) is 11.7 Å². The first-order valence-electron chi connectivity index (χ1n) is 17.8. The third-order valence-corrected chi connectivity index (χ3v) is 9.48. The monoisotopic (exact) mass is 664 g/mol. The van der Waals surface area contributed by atoms with Crippen molar-refractivity contribution >= 4 is 22.6 Å². The number of benzene rings is 2. The summed E-state index contributed by atoms with van der Waals surface area (Å²) in [5.41, 5.74) is 1.05. The third kappa shape index (κ3) is 9.48. The van der Waals surface area contributed by atoms with E-state index in [1.807, 2.05) is 44.7 Å². The average Bonchev–Trinajstić information content (AvgIpc) is 3.80. The van der Waals surface area contributed by atoms with Gasteiger partial charge in [0.2, 0.25) is 5.91 Å². The van der Waals surface area contributed by atoms with Crippen LogP contribution in [0.3, 0.4) is 0 Å². The number of aliphatic hydroxyl groups is 1. The van der Waals surface area contributed by atoms with Gasteiger partial charge in [-0.25, -0.2) is 9.49 Å². The Morgan fingerprint density at radius 2 is 1.56 bits per heavy atom. The molecule has 2 amide bonds. The number of aliphatic hydroxyl groups excluding tert-OH is 1. The van der Waals surface area contributed by atoms with Gasteiger partial charge in [0.15, 0.2) is 0 Å². The molecule has 3 aliphatic heterocycles. The zero-order valence-corrected chi connectivity index (χ0v) is 29.0. The number of hydrogen-bond donors (Lipinski definition) is 3. The highest BCUT2D eigenvalue weighted by molar-refractivity contribution is 5.95. The van der Waals surface area contributed by atoms with Gasteiger partial charge in [-0.15, -0.1) is 0 Å². The summed E-state index contributed by atoms with van der Waals surface area (Å²) in [6.07, 6.45) is 5.81. The van der Waals surface area contributed by atoms with E-state index in [1.165, 1.54) is 31.9 Å². The fourth-order valence-corrected chi connectivity index (χ4v) is 6.82. The minimum absolute atomic E-state index is 0.0114. The molecule has 1 aromatic heterocycles. The minimum atomic E-state index is -0.598. The molecular formula is C37H53FN6O4. The topological polar surface area (TPSA) is 122 Å². The standard InChI is InChI=1S/C27H30FN5O4.C6H11N.2C2H6/c28-23-6-5-18(16-24-20-3-1-2-4-21(20)26(36)30-29-24)15-22(23)27(37)33-13-11-32(12-14-33)25(35)17-31-9-7-19(34)8-10-31;1-2-6-3-5(1)4-7-6;2*1-2/h1-6,15,19,34H,7-14,16-17H2,(H,30,36);5-7H,1-4H2;2*1-2H3. The van der Waals surface area contributed by atoms with Gasteiger partial charge < -0.3 is 20.2 Å². The van der Waals surface area contributed by atoms with E-state index in [2.05, 4.69) is 15.5 Å². The van der Waals surface area contributed by atoms with Gasteiger partial charge >= 0.3 is 0 Å². The Kier molecular flexibility index (Phi) is 14.1. The number of nitrogens with one attached hydrogen (secondary N) is 2. The van der Waals surface area contributed by atoms with E-state index in [1.54, 1.807) is 34.1 Å². The van der Waals surface area contributed by atoms with E-state index in [4.69, 9.17) is 0 Å². The Morgan fingerprint density at radius 1 is 0.896 bits per heavy atom. The number of aromatic nitrogens is 2. The maximum absolute atomic E-state index is 14.7. The summed E-state index contributed by atoms with van der Waals surface area (Å²) in [5, 5.41) is 21.0. The first-order valence-corrected chi connectivity index (χ1v) is 17.8. The molecule has 2 aromatic carbocycles. The molecular weight excluding hydrogens is 611 g/mol. The van der Waals surface area contributed by atoms with Crippen LogP contribution in [0.15, 0.2) is 47.3 Å². The summed E-state index contributed by atoms with van der Waals surface area (Å²) in [7, 11) is 0. The lowest BCUT2D eigenvalue weighted by Crippen LogP contribution is -2.53. The molecule has 4 fully saturated rings. The van der Waals surface area contributed by atoms with Gasteiger partial charge in [-0.2, -0.15) is 5.10 Å². The molecule has 2 unspecified atom stereocenters. The van der Waals surface area contributed by atoms with Crippen molar-refractivity contribution in [2.45, 2.75) is 78.4 Å². The number of fused-ring (bicyclic) bond motifs is 3. The molecule has 10 nitrogen and oxygen atoms in total. The Bertz CT molecular complexity index is 1530. The van der Waals surface area contributed by atoms with Crippen molar-refractivity contribution in [3.05, 3.63) is 75.5 Å². The smallest absolute Gasteiger partial charge is 0.272 e. The molecule has 3 saturated heterocycles. The van der Waals surface area contributed by atoms with Gasteiger partial charge in [-0.05, 0) is 68.3 Å². The molecule has 0 spiro atoms. The Labute approximate surface area is 283 Å². The molecule has 3 N–H and O–H groups in total. The highest BCUT2D eigenvalue weighted by Crippen LogP contribution is 2.30. The summed E-state index contributed by atoms with van der Waals surface area (Å²) < 4.78 is 14.7. The normalized spacial score (nSPS) is 20.6. The van der Waals surface area contributed by atoms with E-state index in [9.17, 15) is 23.9 Å². The van der Waals surface area contributed by atoms with Crippen LogP contribution in [0.1, 0.15) is 81.4 Å². The fourth-order valence-electron chi connectivity index (χ4n) is 6.82. The predicted molar refractivity (Wildman–Crippen MR) is 188 cm³/mol. The number of halogens is 1. The van der Waals surface area contributed by atoms with Gasteiger partial charge in [0, 0.05) is 57.1 Å². The molecule has 3 aromatic rings. The molecule has 4 heterocycles. The Balaban J connectivity index is 0.000000405. The second kappa shape index (κ2) is 18.2. The number of hydrogen-bond acceptors (Lipinski definition) is 7. The van der Waals surface area contributed by atoms with Gasteiger partial charge in [-0.1, -0.05) is 52.0 Å². The molecule has 2 atom stereocenters. The molecule has 7 rings (SSSR count). The summed E-state index contributed by atoms with van der Waals surface area (Å²) >= 11 is 0. The number of likely N-dealkylation sites (tertiary alicyclic amines) is 1. The minimum Gasteiger partial charge on any atom is -0.393 e. The summed E-state index contributed by atoms with van der Waals surface area (Å²) in [4.78, 5) is 43.3. The molecule has 11 heteroatoms. The van der Waals surface area contributed by atoms with Gasteiger partial charge in [0.05, 0.1) is 29.3 Å². The van der Waals surface area contributed by atoms with Gasteiger partial charge in [-0.3, -0.25) is 19.3 Å². The number of aromatic amines is 1. The van der Waals surface area contributed by atoms with Crippen molar-refractivity contribution < 1.29 is 19.1 Å². The third-order valence-electron chi connectivity index (χ3n) is 9.48. The number of amides is 2. The van der Waals surface area contributed by atoms with E-state index >= 15 is 0 Å². The van der Waals surface area contributed by atoms with Crippen LogP contribution in [0.4, 0.5) is 4.39 Å². The maximum atomic E-state index is 14.7.